The minimum absolute atomic E-state index is 0. The number of likely N-dealkylation sites (N-methyl/N-ethyl adjacent to an activating group) is 1. The Morgan fingerprint density at radius 3 is 2.47 bits per heavy atom. The van der Waals surface area contributed by atoms with Gasteiger partial charge in [-0.15, -0.1) is 12.4 Å². The molecule has 0 unspecified atom stereocenters. The summed E-state index contributed by atoms with van der Waals surface area (Å²) in [6, 6.07) is 11.8. The average Bonchev–Trinajstić information content (AvgIpc) is 3.48. The normalized spacial score (nSPS) is 16.3. The zero-order valence-electron chi connectivity index (χ0n) is 26.0. The number of halogens is 1. The molecule has 1 aliphatic rings. The molecule has 1 saturated heterocycles. The molecule has 0 bridgehead atoms. The van der Waals surface area contributed by atoms with Gasteiger partial charge in [0.05, 0.1) is 24.7 Å². The lowest BCUT2D eigenvalue weighted by molar-refractivity contribution is -0.143. The number of nitrogens with zero attached hydrogens (tertiary/aromatic N) is 4. The van der Waals surface area contributed by atoms with Gasteiger partial charge in [-0.3, -0.25) is 14.4 Å². The summed E-state index contributed by atoms with van der Waals surface area (Å²) in [6.45, 7) is 7.96. The predicted octanol–water partition coefficient (Wildman–Crippen LogP) is 4.07. The molecule has 2 N–H and O–H groups in total. The van der Waals surface area contributed by atoms with Crippen molar-refractivity contribution in [2.24, 2.45) is 5.41 Å². The Kier molecular flexibility index (Phi) is 11.1. The van der Waals surface area contributed by atoms with Gasteiger partial charge in [0, 0.05) is 42.7 Å². The Labute approximate surface area is 260 Å². The van der Waals surface area contributed by atoms with Crippen LogP contribution < -0.4 is 20.3 Å². The van der Waals surface area contributed by atoms with Gasteiger partial charge in [-0.05, 0) is 50.4 Å². The second-order valence-electron chi connectivity index (χ2n) is 11.9. The Bertz CT molecular complexity index is 1450. The second-order valence-corrected chi connectivity index (χ2v) is 11.9. The minimum atomic E-state index is -0.766. The molecular formula is C32H43ClN6O4. The van der Waals surface area contributed by atoms with Crippen molar-refractivity contribution in [3.8, 4) is 5.75 Å². The highest BCUT2D eigenvalue weighted by Crippen LogP contribution is 2.34. The molecule has 1 aliphatic heterocycles. The molecule has 2 amide bonds. The largest absolute Gasteiger partial charge is 0.496 e. The monoisotopic (exact) mass is 610 g/mol. The number of benzene rings is 2. The van der Waals surface area contributed by atoms with Crippen molar-refractivity contribution in [1.29, 1.82) is 0 Å². The van der Waals surface area contributed by atoms with Crippen LogP contribution in [0.15, 0.2) is 48.8 Å². The molecule has 0 radical (unpaired) electrons. The standard InChI is InChI=1S/C32H42N6O4.ClH/c1-20(33-5)30(40)36-28(32(2,3)4)31(41)38-15-11-14-25(38)26(39)17-21-16-23-24(18-27(21)42-7)34-19-35-29(23)37(6)22-12-9-8-10-13-22;/h8-10,12-13,16,18-20,25,28,33H,11,14-15,17H2,1-7H3,(H,36,40);1H/t20-,25-,28+;/m0./s1. The summed E-state index contributed by atoms with van der Waals surface area (Å²) in [5.74, 6) is 0.697. The van der Waals surface area contributed by atoms with Crippen molar-refractivity contribution in [1.82, 2.24) is 25.5 Å². The number of fused-ring (bicyclic) bond motifs is 1. The summed E-state index contributed by atoms with van der Waals surface area (Å²) in [7, 11) is 5.21. The molecule has 3 aromatic rings. The number of rotatable bonds is 10. The van der Waals surface area contributed by atoms with E-state index in [0.717, 1.165) is 11.1 Å². The van der Waals surface area contributed by atoms with Crippen molar-refractivity contribution >= 4 is 52.4 Å². The zero-order valence-corrected chi connectivity index (χ0v) is 26.8. The Hall–Kier alpha value is -3.76. The van der Waals surface area contributed by atoms with Gasteiger partial charge < -0.3 is 25.2 Å². The second kappa shape index (κ2) is 14.1. The van der Waals surface area contributed by atoms with Crippen LogP contribution in [0.1, 0.15) is 46.1 Å². The van der Waals surface area contributed by atoms with Gasteiger partial charge in [-0.1, -0.05) is 39.0 Å². The number of ether oxygens (including phenoxy) is 1. The molecule has 3 atom stereocenters. The number of carbonyl (C=O) groups excluding carboxylic acids is 3. The van der Waals surface area contributed by atoms with Gasteiger partial charge in [-0.2, -0.15) is 0 Å². The summed E-state index contributed by atoms with van der Waals surface area (Å²) in [4.78, 5) is 53.0. The van der Waals surface area contributed by atoms with Gasteiger partial charge in [0.15, 0.2) is 5.78 Å². The molecule has 0 aliphatic carbocycles. The van der Waals surface area contributed by atoms with E-state index >= 15 is 0 Å². The quantitative estimate of drug-likeness (QED) is 0.353. The van der Waals surface area contributed by atoms with E-state index in [1.807, 2.05) is 75.2 Å². The number of aromatic nitrogens is 2. The fourth-order valence-corrected chi connectivity index (χ4v) is 5.37. The van der Waals surface area contributed by atoms with E-state index in [9.17, 15) is 14.4 Å². The first-order valence-corrected chi connectivity index (χ1v) is 14.4. The highest BCUT2D eigenvalue weighted by molar-refractivity contribution is 5.97. The molecule has 2 heterocycles. The third kappa shape index (κ3) is 7.43. The maximum atomic E-state index is 13.8. The van der Waals surface area contributed by atoms with E-state index < -0.39 is 23.5 Å². The number of hydrogen-bond acceptors (Lipinski definition) is 8. The van der Waals surface area contributed by atoms with Crippen LogP contribution >= 0.6 is 12.4 Å². The van der Waals surface area contributed by atoms with Crippen molar-refractivity contribution in [3.63, 3.8) is 0 Å². The van der Waals surface area contributed by atoms with E-state index in [0.29, 0.717) is 42.0 Å². The maximum Gasteiger partial charge on any atom is 0.246 e. The van der Waals surface area contributed by atoms with E-state index in [4.69, 9.17) is 4.74 Å². The van der Waals surface area contributed by atoms with Crippen LogP contribution in [0.25, 0.3) is 10.9 Å². The summed E-state index contributed by atoms with van der Waals surface area (Å²) in [5.41, 5.74) is 1.83. The van der Waals surface area contributed by atoms with Gasteiger partial charge >= 0.3 is 0 Å². The number of methoxy groups -OCH3 is 1. The lowest BCUT2D eigenvalue weighted by atomic mass is 9.85. The number of anilines is 2. The molecule has 0 spiro atoms. The molecule has 4 rings (SSSR count). The van der Waals surface area contributed by atoms with Gasteiger partial charge in [0.1, 0.15) is 23.9 Å². The zero-order chi connectivity index (χ0) is 30.6. The van der Waals surface area contributed by atoms with E-state index in [1.165, 1.54) is 6.33 Å². The van der Waals surface area contributed by atoms with Crippen LogP contribution in [0.5, 0.6) is 5.75 Å². The number of likely N-dealkylation sites (tertiary alicyclic amines) is 1. The van der Waals surface area contributed by atoms with E-state index in [2.05, 4.69) is 20.6 Å². The molecule has 1 aromatic heterocycles. The van der Waals surface area contributed by atoms with Gasteiger partial charge in [0.2, 0.25) is 11.8 Å². The lowest BCUT2D eigenvalue weighted by Crippen LogP contribution is -2.58. The van der Waals surface area contributed by atoms with E-state index in [1.54, 1.807) is 26.0 Å². The number of nitrogens with one attached hydrogen (secondary N) is 2. The van der Waals surface area contributed by atoms with Crippen molar-refractivity contribution < 1.29 is 19.1 Å². The molecule has 232 valence electrons. The molecule has 2 aromatic carbocycles. The summed E-state index contributed by atoms with van der Waals surface area (Å²) < 4.78 is 5.68. The Morgan fingerprint density at radius 1 is 1.14 bits per heavy atom. The molecule has 1 fully saturated rings. The predicted molar refractivity (Wildman–Crippen MR) is 171 cm³/mol. The maximum absolute atomic E-state index is 13.8. The molecule has 10 nitrogen and oxygen atoms in total. The van der Waals surface area contributed by atoms with Crippen molar-refractivity contribution in [3.05, 3.63) is 54.4 Å². The molecular weight excluding hydrogens is 568 g/mol. The highest BCUT2D eigenvalue weighted by Gasteiger charge is 2.42. The first-order chi connectivity index (χ1) is 20.0. The van der Waals surface area contributed by atoms with Gasteiger partial charge in [-0.25, -0.2) is 9.97 Å². The van der Waals surface area contributed by atoms with Crippen LogP contribution in [0.3, 0.4) is 0 Å². The summed E-state index contributed by atoms with van der Waals surface area (Å²) >= 11 is 0. The van der Waals surface area contributed by atoms with Crippen molar-refractivity contribution in [2.75, 3.05) is 32.6 Å². The first-order valence-electron chi connectivity index (χ1n) is 14.4. The average molecular weight is 611 g/mol. The fraction of sp³-hybridized carbons (Fsp3) is 0.469. The van der Waals surface area contributed by atoms with E-state index in [-0.39, 0.29) is 36.4 Å². The number of amides is 2. The minimum Gasteiger partial charge on any atom is -0.496 e. The smallest absolute Gasteiger partial charge is 0.246 e. The number of hydrogen-bond donors (Lipinski definition) is 2. The number of para-hydroxylation sites is 1. The SMILES string of the molecule is CN[C@@H](C)C(=O)N[C@H](C(=O)N1CCC[C@H]1C(=O)Cc1cc2c(N(C)c3ccccc3)ncnc2cc1OC)C(C)(C)C.Cl. The molecule has 43 heavy (non-hydrogen) atoms. The Balaban J connectivity index is 0.00000506. The van der Waals surface area contributed by atoms with Crippen LogP contribution in [-0.2, 0) is 20.8 Å². The summed E-state index contributed by atoms with van der Waals surface area (Å²) in [5, 5.41) is 6.63. The van der Waals surface area contributed by atoms with Crippen molar-refractivity contribution in [2.45, 2.75) is 65.1 Å². The van der Waals surface area contributed by atoms with Crippen LogP contribution in [0, 0.1) is 5.41 Å². The fourth-order valence-electron chi connectivity index (χ4n) is 5.37. The van der Waals surface area contributed by atoms with Crippen LogP contribution in [-0.4, -0.2) is 78.3 Å². The topological polar surface area (TPSA) is 117 Å². The number of Topliss-reactive ketones (excluding diaryl/α,β-unsaturated/α-hetero) is 1. The van der Waals surface area contributed by atoms with Crippen LogP contribution in [0.2, 0.25) is 0 Å². The summed E-state index contributed by atoms with van der Waals surface area (Å²) in [6.07, 6.45) is 2.89. The number of carbonyl (C=O) groups is 3. The third-order valence-electron chi connectivity index (χ3n) is 7.98. The molecule has 0 saturated carbocycles. The third-order valence-corrected chi connectivity index (χ3v) is 7.98. The number of ketones is 1. The van der Waals surface area contributed by atoms with Gasteiger partial charge in [0.25, 0.3) is 0 Å². The highest BCUT2D eigenvalue weighted by atomic mass is 35.5. The van der Waals surface area contributed by atoms with Crippen LogP contribution in [0.4, 0.5) is 11.5 Å². The Morgan fingerprint density at radius 2 is 1.84 bits per heavy atom. The lowest BCUT2D eigenvalue weighted by Gasteiger charge is -2.36. The first kappa shape index (κ1) is 33.7. The molecule has 11 heteroatoms.